The summed E-state index contributed by atoms with van der Waals surface area (Å²) in [4.78, 5) is 12.7. The highest BCUT2D eigenvalue weighted by Crippen LogP contribution is 2.28. The first-order chi connectivity index (χ1) is 12.6. The molecule has 3 N–H and O–H groups in total. The van der Waals surface area contributed by atoms with Crippen molar-refractivity contribution in [3.05, 3.63) is 66.3 Å². The van der Waals surface area contributed by atoms with E-state index in [4.69, 9.17) is 5.73 Å². The van der Waals surface area contributed by atoms with Crippen LogP contribution in [0.5, 0.6) is 0 Å². The van der Waals surface area contributed by atoms with Gasteiger partial charge in [-0.25, -0.2) is 28.2 Å². The molecule has 0 saturated heterocycles. The lowest BCUT2D eigenvalue weighted by atomic mass is 10.2. The van der Waals surface area contributed by atoms with Crippen molar-refractivity contribution in [3.8, 4) is 11.3 Å². The molecule has 0 amide bonds. The maximum absolute atomic E-state index is 13.3. The standard InChI is InChI=1S/C17H13F2N7.3H2/c18-11-3-2-10(6-12(11)19)8-22-14-7-13(23-9-24-14)15-16(20)25-26-5-1-4-21-17(15)26;;;/h1-7,9H,8H2,(H2,20,25)(H,22,23,24);3*1H. The van der Waals surface area contributed by atoms with Crippen LogP contribution in [0.2, 0.25) is 0 Å². The SMILES string of the molecule is Nc1nn2cccnc2c1-c1cc(NCc2ccc(F)c(F)c2)ncn1.[HH].[HH].[HH]. The molecule has 0 aliphatic heterocycles. The minimum absolute atomic E-state index is 0. The Morgan fingerprint density at radius 1 is 1.12 bits per heavy atom. The average Bonchev–Trinajstić information content (AvgIpc) is 2.98. The zero-order valence-electron chi connectivity index (χ0n) is 13.4. The monoisotopic (exact) mass is 359 g/mol. The molecule has 0 atom stereocenters. The number of nitrogens with two attached hydrogens (primary N) is 1. The first kappa shape index (κ1) is 15.9. The Morgan fingerprint density at radius 3 is 2.85 bits per heavy atom. The molecule has 9 heteroatoms. The van der Waals surface area contributed by atoms with Crippen LogP contribution in [-0.2, 0) is 6.54 Å². The summed E-state index contributed by atoms with van der Waals surface area (Å²) in [5.41, 5.74) is 8.32. The van der Waals surface area contributed by atoms with Crippen molar-refractivity contribution in [3.63, 3.8) is 0 Å². The van der Waals surface area contributed by atoms with Crippen LogP contribution in [0.4, 0.5) is 20.4 Å². The second-order valence-electron chi connectivity index (χ2n) is 5.54. The van der Waals surface area contributed by atoms with Gasteiger partial charge in [0, 0.05) is 29.3 Å². The summed E-state index contributed by atoms with van der Waals surface area (Å²) in [5.74, 6) is -0.963. The van der Waals surface area contributed by atoms with E-state index in [2.05, 4.69) is 25.4 Å². The van der Waals surface area contributed by atoms with E-state index < -0.39 is 11.6 Å². The van der Waals surface area contributed by atoms with Crippen LogP contribution in [0.25, 0.3) is 16.9 Å². The van der Waals surface area contributed by atoms with E-state index in [-0.39, 0.29) is 10.8 Å². The molecule has 0 spiro atoms. The molecular formula is C17H19F2N7. The van der Waals surface area contributed by atoms with Gasteiger partial charge in [-0.05, 0) is 23.8 Å². The van der Waals surface area contributed by atoms with Gasteiger partial charge in [0.2, 0.25) is 0 Å². The Balaban J connectivity index is 0.00000140. The summed E-state index contributed by atoms with van der Waals surface area (Å²) in [7, 11) is 0. The molecule has 4 rings (SSSR count). The number of benzene rings is 1. The summed E-state index contributed by atoms with van der Waals surface area (Å²) in [6.45, 7) is 0.274. The summed E-state index contributed by atoms with van der Waals surface area (Å²) in [6, 6.07) is 7.17. The van der Waals surface area contributed by atoms with Crippen molar-refractivity contribution in [1.29, 1.82) is 0 Å². The van der Waals surface area contributed by atoms with E-state index in [0.29, 0.717) is 34.1 Å². The number of halogens is 2. The van der Waals surface area contributed by atoms with Gasteiger partial charge in [-0.3, -0.25) is 0 Å². The van der Waals surface area contributed by atoms with Crippen LogP contribution >= 0.6 is 0 Å². The fourth-order valence-electron chi connectivity index (χ4n) is 2.58. The second-order valence-corrected chi connectivity index (χ2v) is 5.54. The molecule has 0 unspecified atom stereocenters. The third-order valence-corrected chi connectivity index (χ3v) is 3.80. The van der Waals surface area contributed by atoms with Crippen LogP contribution in [0.3, 0.4) is 0 Å². The smallest absolute Gasteiger partial charge is 0.166 e. The number of hydrogen-bond acceptors (Lipinski definition) is 6. The number of nitrogen functional groups attached to an aromatic ring is 1. The Labute approximate surface area is 151 Å². The maximum atomic E-state index is 13.3. The van der Waals surface area contributed by atoms with Gasteiger partial charge in [-0.2, -0.15) is 0 Å². The normalized spacial score (nSPS) is 11.0. The molecule has 1 aromatic carbocycles. The lowest BCUT2D eigenvalue weighted by Gasteiger charge is -2.07. The lowest BCUT2D eigenvalue weighted by Crippen LogP contribution is -2.03. The lowest BCUT2D eigenvalue weighted by molar-refractivity contribution is 0.507. The van der Waals surface area contributed by atoms with Gasteiger partial charge in [0.1, 0.15) is 12.1 Å². The molecule has 0 radical (unpaired) electrons. The molecular weight excluding hydrogens is 340 g/mol. The Morgan fingerprint density at radius 2 is 2.00 bits per heavy atom. The second kappa shape index (κ2) is 6.36. The molecule has 7 nitrogen and oxygen atoms in total. The summed E-state index contributed by atoms with van der Waals surface area (Å²) >= 11 is 0. The van der Waals surface area contributed by atoms with Crippen molar-refractivity contribution in [1.82, 2.24) is 24.6 Å². The number of nitrogens with zero attached hydrogens (tertiary/aromatic N) is 5. The third kappa shape index (κ3) is 2.90. The van der Waals surface area contributed by atoms with Crippen molar-refractivity contribution in [2.45, 2.75) is 6.54 Å². The Hall–Kier alpha value is -3.62. The highest BCUT2D eigenvalue weighted by molar-refractivity contribution is 5.84. The fraction of sp³-hybridized carbons (Fsp3) is 0.0588. The number of rotatable bonds is 4. The summed E-state index contributed by atoms with van der Waals surface area (Å²) in [5, 5.41) is 7.25. The first-order valence-corrected chi connectivity index (χ1v) is 7.71. The third-order valence-electron chi connectivity index (χ3n) is 3.80. The zero-order chi connectivity index (χ0) is 18.1. The molecule has 0 aliphatic carbocycles. The molecule has 3 heterocycles. The van der Waals surface area contributed by atoms with Gasteiger partial charge < -0.3 is 11.1 Å². The fourth-order valence-corrected chi connectivity index (χ4v) is 2.58. The summed E-state index contributed by atoms with van der Waals surface area (Å²) < 4.78 is 27.9. The van der Waals surface area contributed by atoms with E-state index in [0.717, 1.165) is 12.1 Å². The van der Waals surface area contributed by atoms with Gasteiger partial charge in [0.15, 0.2) is 23.1 Å². The average molecular weight is 359 g/mol. The van der Waals surface area contributed by atoms with Gasteiger partial charge in [0.25, 0.3) is 0 Å². The maximum Gasteiger partial charge on any atom is 0.166 e. The van der Waals surface area contributed by atoms with E-state index in [1.54, 1.807) is 29.0 Å². The molecule has 0 fully saturated rings. The van der Waals surface area contributed by atoms with Crippen LogP contribution in [-0.4, -0.2) is 24.6 Å². The number of fused-ring (bicyclic) bond motifs is 1. The van der Waals surface area contributed by atoms with E-state index in [9.17, 15) is 8.78 Å². The van der Waals surface area contributed by atoms with Crippen LogP contribution in [0.1, 0.15) is 9.84 Å². The van der Waals surface area contributed by atoms with Gasteiger partial charge >= 0.3 is 0 Å². The van der Waals surface area contributed by atoms with Crippen molar-refractivity contribution >= 4 is 17.3 Å². The topological polar surface area (TPSA) is 94.0 Å². The molecule has 4 aromatic rings. The van der Waals surface area contributed by atoms with Crippen LogP contribution < -0.4 is 11.1 Å². The predicted octanol–water partition coefficient (Wildman–Crippen LogP) is 3.40. The zero-order valence-corrected chi connectivity index (χ0v) is 13.4. The highest BCUT2D eigenvalue weighted by atomic mass is 19.2. The first-order valence-electron chi connectivity index (χ1n) is 7.71. The highest BCUT2D eigenvalue weighted by Gasteiger charge is 2.15. The van der Waals surface area contributed by atoms with E-state index >= 15 is 0 Å². The van der Waals surface area contributed by atoms with Gasteiger partial charge in [-0.15, -0.1) is 5.10 Å². The molecule has 26 heavy (non-hydrogen) atoms. The minimum atomic E-state index is -0.891. The van der Waals surface area contributed by atoms with E-state index in [1.807, 2.05) is 0 Å². The van der Waals surface area contributed by atoms with E-state index in [1.165, 1.54) is 12.4 Å². The Bertz CT molecular complexity index is 1110. The predicted molar refractivity (Wildman–Crippen MR) is 98.5 cm³/mol. The summed E-state index contributed by atoms with van der Waals surface area (Å²) in [6.07, 6.45) is 4.77. The van der Waals surface area contributed by atoms with Crippen molar-refractivity contribution in [2.24, 2.45) is 0 Å². The molecule has 3 aromatic heterocycles. The number of aromatic nitrogens is 5. The number of hydrogen-bond donors (Lipinski definition) is 2. The Kier molecular flexibility index (Phi) is 3.88. The van der Waals surface area contributed by atoms with Crippen molar-refractivity contribution < 1.29 is 13.1 Å². The van der Waals surface area contributed by atoms with Gasteiger partial charge in [0.05, 0.1) is 11.3 Å². The van der Waals surface area contributed by atoms with Crippen molar-refractivity contribution in [2.75, 3.05) is 11.1 Å². The number of anilines is 2. The largest absolute Gasteiger partial charge is 0.382 e. The van der Waals surface area contributed by atoms with Crippen LogP contribution in [0.15, 0.2) is 49.1 Å². The van der Waals surface area contributed by atoms with Crippen LogP contribution in [0, 0.1) is 11.6 Å². The quantitative estimate of drug-likeness (QED) is 0.580. The molecule has 136 valence electrons. The van der Waals surface area contributed by atoms with Gasteiger partial charge in [-0.1, -0.05) is 6.07 Å². The minimum Gasteiger partial charge on any atom is -0.382 e. The molecule has 0 aliphatic rings. The molecule has 0 saturated carbocycles. The number of nitrogens with one attached hydrogen (secondary N) is 1. The molecule has 0 bridgehead atoms.